The van der Waals surface area contributed by atoms with Crippen molar-refractivity contribution in [3.05, 3.63) is 33.9 Å². The fourth-order valence-electron chi connectivity index (χ4n) is 1.23. The summed E-state index contributed by atoms with van der Waals surface area (Å²) in [5.41, 5.74) is 0.405. The van der Waals surface area contributed by atoms with Crippen LogP contribution in [0, 0.1) is 10.1 Å². The quantitative estimate of drug-likeness (QED) is 0.441. The first-order valence-corrected chi connectivity index (χ1v) is 4.51. The van der Waals surface area contributed by atoms with E-state index in [9.17, 15) is 14.9 Å². The Kier molecular flexibility index (Phi) is 3.44. The molecule has 0 saturated carbocycles. The van der Waals surface area contributed by atoms with Crippen molar-refractivity contribution in [2.24, 2.45) is 0 Å². The van der Waals surface area contributed by atoms with E-state index in [1.54, 1.807) is 25.1 Å². The van der Waals surface area contributed by atoms with Crippen LogP contribution in [0.5, 0.6) is 0 Å². The maximum Gasteiger partial charge on any atom is 0.344 e. The predicted molar refractivity (Wildman–Crippen MR) is 58.8 cm³/mol. The van der Waals surface area contributed by atoms with Gasteiger partial charge in [-0.1, -0.05) is 0 Å². The van der Waals surface area contributed by atoms with Gasteiger partial charge >= 0.3 is 5.97 Å². The van der Waals surface area contributed by atoms with Crippen molar-refractivity contribution < 1.29 is 14.5 Å². The third kappa shape index (κ3) is 2.28. The van der Waals surface area contributed by atoms with Crippen molar-refractivity contribution in [3.63, 3.8) is 0 Å². The molecule has 1 aromatic carbocycles. The zero-order valence-corrected chi connectivity index (χ0v) is 9.26. The Hall–Kier alpha value is -2.11. The van der Waals surface area contributed by atoms with Crippen LogP contribution in [-0.2, 0) is 4.74 Å². The number of carbonyl (C=O) groups is 1. The number of nitro benzene ring substituents is 1. The number of methoxy groups -OCH3 is 1. The number of benzene rings is 1. The van der Waals surface area contributed by atoms with Crippen molar-refractivity contribution >= 4 is 17.3 Å². The summed E-state index contributed by atoms with van der Waals surface area (Å²) >= 11 is 0. The molecule has 86 valence electrons. The second-order valence-electron chi connectivity index (χ2n) is 3.34. The summed E-state index contributed by atoms with van der Waals surface area (Å²) in [6.45, 7) is 0. The van der Waals surface area contributed by atoms with Crippen LogP contribution in [0.2, 0.25) is 0 Å². The molecule has 0 radical (unpaired) electrons. The van der Waals surface area contributed by atoms with E-state index in [1.807, 2.05) is 0 Å². The third-order valence-corrected chi connectivity index (χ3v) is 2.10. The predicted octanol–water partition coefficient (Wildman–Crippen LogP) is 1.45. The highest BCUT2D eigenvalue weighted by molar-refractivity contribution is 5.95. The van der Waals surface area contributed by atoms with Gasteiger partial charge in [-0.05, 0) is 12.1 Å². The summed E-state index contributed by atoms with van der Waals surface area (Å²) in [7, 11) is 4.75. The number of nitro groups is 1. The molecule has 0 saturated heterocycles. The summed E-state index contributed by atoms with van der Waals surface area (Å²) in [5.74, 6) is -0.713. The van der Waals surface area contributed by atoms with Crippen molar-refractivity contribution in [2.45, 2.75) is 0 Å². The topological polar surface area (TPSA) is 72.7 Å². The van der Waals surface area contributed by atoms with Crippen LogP contribution in [-0.4, -0.2) is 32.1 Å². The standard InChI is InChI=1S/C10H12N2O4/c1-11(2)7-4-5-9(12(14)15)8(6-7)10(13)16-3/h4-6H,1-3H3. The monoisotopic (exact) mass is 224 g/mol. The van der Waals surface area contributed by atoms with E-state index in [-0.39, 0.29) is 11.3 Å². The number of ether oxygens (including phenoxy) is 1. The molecule has 0 fully saturated rings. The Labute approximate surface area is 92.6 Å². The normalized spacial score (nSPS) is 9.69. The number of hydrogen-bond acceptors (Lipinski definition) is 5. The van der Waals surface area contributed by atoms with E-state index in [2.05, 4.69) is 4.74 Å². The molecule has 0 amide bonds. The molecule has 0 heterocycles. The van der Waals surface area contributed by atoms with Crippen molar-refractivity contribution in [1.82, 2.24) is 0 Å². The molecular weight excluding hydrogens is 212 g/mol. The Bertz CT molecular complexity index is 429. The molecule has 0 aliphatic heterocycles. The highest BCUT2D eigenvalue weighted by atomic mass is 16.6. The first-order chi connectivity index (χ1) is 7.47. The smallest absolute Gasteiger partial charge is 0.344 e. The molecule has 6 heteroatoms. The number of hydrogen-bond donors (Lipinski definition) is 0. The maximum absolute atomic E-state index is 11.4. The van der Waals surface area contributed by atoms with Gasteiger partial charge in [-0.3, -0.25) is 10.1 Å². The van der Waals surface area contributed by atoms with Gasteiger partial charge in [0, 0.05) is 25.8 Å². The fourth-order valence-corrected chi connectivity index (χ4v) is 1.23. The van der Waals surface area contributed by atoms with Crippen molar-refractivity contribution in [2.75, 3.05) is 26.1 Å². The second kappa shape index (κ2) is 4.61. The summed E-state index contributed by atoms with van der Waals surface area (Å²) < 4.78 is 4.50. The van der Waals surface area contributed by atoms with Gasteiger partial charge in [0.25, 0.3) is 5.69 Å². The minimum atomic E-state index is -0.713. The highest BCUT2D eigenvalue weighted by Crippen LogP contribution is 2.24. The van der Waals surface area contributed by atoms with Crippen molar-refractivity contribution in [1.29, 1.82) is 0 Å². The molecule has 16 heavy (non-hydrogen) atoms. The summed E-state index contributed by atoms with van der Waals surface area (Å²) in [6, 6.07) is 4.30. The van der Waals surface area contributed by atoms with E-state index < -0.39 is 10.9 Å². The first kappa shape index (κ1) is 12.0. The van der Waals surface area contributed by atoms with Gasteiger partial charge in [0.2, 0.25) is 0 Å². The first-order valence-electron chi connectivity index (χ1n) is 4.51. The molecule has 0 atom stereocenters. The van der Waals surface area contributed by atoms with E-state index in [1.165, 1.54) is 19.2 Å². The largest absolute Gasteiger partial charge is 0.465 e. The van der Waals surface area contributed by atoms with Crippen LogP contribution in [0.1, 0.15) is 10.4 Å². The zero-order chi connectivity index (χ0) is 12.3. The molecule has 0 aromatic heterocycles. The minimum absolute atomic E-state index is 0.0429. The highest BCUT2D eigenvalue weighted by Gasteiger charge is 2.21. The molecule has 0 unspecified atom stereocenters. The summed E-state index contributed by atoms with van der Waals surface area (Å²) in [5, 5.41) is 10.7. The van der Waals surface area contributed by atoms with Gasteiger partial charge in [-0.15, -0.1) is 0 Å². The molecule has 0 bridgehead atoms. The number of carbonyl (C=O) groups excluding carboxylic acids is 1. The molecule has 0 N–H and O–H groups in total. The Morgan fingerprint density at radius 3 is 2.50 bits per heavy atom. The van der Waals surface area contributed by atoms with Gasteiger partial charge < -0.3 is 9.64 Å². The van der Waals surface area contributed by atoms with Gasteiger partial charge in [0.1, 0.15) is 5.56 Å². The summed E-state index contributed by atoms with van der Waals surface area (Å²) in [4.78, 5) is 23.2. The van der Waals surface area contributed by atoms with Gasteiger partial charge in [0.15, 0.2) is 0 Å². The molecule has 1 rings (SSSR count). The van der Waals surface area contributed by atoms with Gasteiger partial charge in [-0.2, -0.15) is 0 Å². The van der Waals surface area contributed by atoms with E-state index in [0.29, 0.717) is 5.69 Å². The molecule has 6 nitrogen and oxygen atoms in total. The van der Waals surface area contributed by atoms with Gasteiger partial charge in [0.05, 0.1) is 12.0 Å². The zero-order valence-electron chi connectivity index (χ0n) is 9.26. The number of esters is 1. The average Bonchev–Trinajstić information content (AvgIpc) is 2.26. The Balaban J connectivity index is 3.32. The molecule has 1 aromatic rings. The van der Waals surface area contributed by atoms with E-state index in [4.69, 9.17) is 0 Å². The minimum Gasteiger partial charge on any atom is -0.465 e. The Morgan fingerprint density at radius 1 is 1.44 bits per heavy atom. The Morgan fingerprint density at radius 2 is 2.06 bits per heavy atom. The number of anilines is 1. The van der Waals surface area contributed by atoms with Crippen LogP contribution in [0.15, 0.2) is 18.2 Å². The fraction of sp³-hybridized carbons (Fsp3) is 0.300. The van der Waals surface area contributed by atoms with Crippen LogP contribution in [0.3, 0.4) is 0 Å². The van der Waals surface area contributed by atoms with E-state index >= 15 is 0 Å². The third-order valence-electron chi connectivity index (χ3n) is 2.10. The van der Waals surface area contributed by atoms with Crippen LogP contribution in [0.25, 0.3) is 0 Å². The van der Waals surface area contributed by atoms with Crippen molar-refractivity contribution in [3.8, 4) is 0 Å². The van der Waals surface area contributed by atoms with Gasteiger partial charge in [-0.25, -0.2) is 4.79 Å². The lowest BCUT2D eigenvalue weighted by molar-refractivity contribution is -0.385. The van der Waals surface area contributed by atoms with Crippen LogP contribution < -0.4 is 4.90 Å². The molecule has 0 spiro atoms. The lowest BCUT2D eigenvalue weighted by Gasteiger charge is -2.13. The van der Waals surface area contributed by atoms with Crippen LogP contribution >= 0.6 is 0 Å². The van der Waals surface area contributed by atoms with E-state index in [0.717, 1.165) is 0 Å². The molecule has 0 aliphatic rings. The summed E-state index contributed by atoms with van der Waals surface area (Å²) in [6.07, 6.45) is 0. The lowest BCUT2D eigenvalue weighted by Crippen LogP contribution is -2.11. The number of nitrogens with zero attached hydrogens (tertiary/aromatic N) is 2. The molecule has 0 aliphatic carbocycles. The maximum atomic E-state index is 11.4. The SMILES string of the molecule is COC(=O)c1cc(N(C)C)ccc1[N+](=O)[O-]. The lowest BCUT2D eigenvalue weighted by atomic mass is 10.1. The molecular formula is C10H12N2O4. The number of rotatable bonds is 3. The second-order valence-corrected chi connectivity index (χ2v) is 3.34. The average molecular weight is 224 g/mol. The van der Waals surface area contributed by atoms with Crippen LogP contribution in [0.4, 0.5) is 11.4 Å².